The van der Waals surface area contributed by atoms with E-state index in [1.807, 2.05) is 27.0 Å². The van der Waals surface area contributed by atoms with Gasteiger partial charge in [0.25, 0.3) is 0 Å². The van der Waals surface area contributed by atoms with E-state index in [0.29, 0.717) is 19.6 Å². The van der Waals surface area contributed by atoms with Gasteiger partial charge in [0.05, 0.1) is 12.2 Å². The number of aromatic nitrogens is 2. The zero-order valence-corrected chi connectivity index (χ0v) is 13.2. The smallest absolute Gasteiger partial charge is 0.225 e. The van der Waals surface area contributed by atoms with Crippen molar-refractivity contribution in [2.75, 3.05) is 24.7 Å². The number of aryl methyl sites for hydroxylation is 2. The van der Waals surface area contributed by atoms with Crippen LogP contribution in [0, 0.1) is 19.8 Å². The summed E-state index contributed by atoms with van der Waals surface area (Å²) < 4.78 is 5.63. The summed E-state index contributed by atoms with van der Waals surface area (Å²) in [6.45, 7) is 8.22. The number of aliphatic hydroxyl groups is 1. The number of nitrogens with zero attached hydrogens (tertiary/aromatic N) is 3. The van der Waals surface area contributed by atoms with Crippen LogP contribution in [0.5, 0.6) is 0 Å². The average Bonchev–Trinajstić information content (AvgIpc) is 2.90. The van der Waals surface area contributed by atoms with Crippen molar-refractivity contribution in [1.82, 2.24) is 9.97 Å². The van der Waals surface area contributed by atoms with Crippen LogP contribution in [0.1, 0.15) is 37.4 Å². The molecule has 2 aliphatic rings. The SMILES string of the molecule is Cc1cnc(N2CCC[C@@H]2[C@H]2COCC[C@@]2(C)O)nc1C. The second kappa shape index (κ2) is 5.54. The van der Waals surface area contributed by atoms with Crippen LogP contribution in [-0.4, -0.2) is 46.5 Å². The van der Waals surface area contributed by atoms with Crippen molar-refractivity contribution in [3.63, 3.8) is 0 Å². The molecule has 3 rings (SSSR count). The minimum Gasteiger partial charge on any atom is -0.390 e. The van der Waals surface area contributed by atoms with Crippen molar-refractivity contribution in [2.24, 2.45) is 5.92 Å². The van der Waals surface area contributed by atoms with Gasteiger partial charge in [0.2, 0.25) is 5.95 Å². The first-order valence-electron chi connectivity index (χ1n) is 7.86. The molecule has 2 fully saturated rings. The van der Waals surface area contributed by atoms with Crippen molar-refractivity contribution in [3.8, 4) is 0 Å². The Balaban J connectivity index is 1.86. The van der Waals surface area contributed by atoms with Gasteiger partial charge in [-0.1, -0.05) is 0 Å². The van der Waals surface area contributed by atoms with Crippen LogP contribution in [0.2, 0.25) is 0 Å². The standard InChI is InChI=1S/C16H25N3O2/c1-11-9-17-15(18-12(11)2)19-7-4-5-14(19)13-10-21-8-6-16(13,3)20/h9,13-14,20H,4-8,10H2,1-3H3/t13-,14-,16-/m1/s1. The minimum absolute atomic E-state index is 0.124. The molecule has 0 radical (unpaired) electrons. The Hall–Kier alpha value is -1.20. The van der Waals surface area contributed by atoms with E-state index in [1.165, 1.54) is 0 Å². The second-order valence-electron chi connectivity index (χ2n) is 6.63. The lowest BCUT2D eigenvalue weighted by Gasteiger charge is -2.43. The van der Waals surface area contributed by atoms with Gasteiger partial charge >= 0.3 is 0 Å². The number of anilines is 1. The third kappa shape index (κ3) is 2.77. The Bertz CT molecular complexity index is 518. The Morgan fingerprint density at radius 3 is 2.95 bits per heavy atom. The summed E-state index contributed by atoms with van der Waals surface area (Å²) in [6, 6.07) is 0.266. The van der Waals surface area contributed by atoms with Gasteiger partial charge in [-0.3, -0.25) is 0 Å². The summed E-state index contributed by atoms with van der Waals surface area (Å²) in [5.74, 6) is 0.918. The molecule has 0 saturated carbocycles. The summed E-state index contributed by atoms with van der Waals surface area (Å²) >= 11 is 0. The van der Waals surface area contributed by atoms with E-state index in [-0.39, 0.29) is 12.0 Å². The number of rotatable bonds is 2. The van der Waals surface area contributed by atoms with Crippen LogP contribution >= 0.6 is 0 Å². The summed E-state index contributed by atoms with van der Waals surface area (Å²) in [5.41, 5.74) is 1.48. The van der Waals surface area contributed by atoms with E-state index in [9.17, 15) is 5.11 Å². The Kier molecular flexibility index (Phi) is 3.88. The minimum atomic E-state index is -0.661. The van der Waals surface area contributed by atoms with Crippen LogP contribution in [0.3, 0.4) is 0 Å². The van der Waals surface area contributed by atoms with Crippen molar-refractivity contribution < 1.29 is 9.84 Å². The van der Waals surface area contributed by atoms with Gasteiger partial charge in [-0.25, -0.2) is 9.97 Å². The molecule has 0 amide bonds. The molecule has 5 heteroatoms. The Morgan fingerprint density at radius 1 is 1.43 bits per heavy atom. The van der Waals surface area contributed by atoms with E-state index < -0.39 is 5.60 Å². The second-order valence-corrected chi connectivity index (χ2v) is 6.63. The maximum absolute atomic E-state index is 10.7. The van der Waals surface area contributed by atoms with Gasteiger partial charge < -0.3 is 14.7 Å². The molecule has 21 heavy (non-hydrogen) atoms. The van der Waals surface area contributed by atoms with Crippen molar-refractivity contribution in [1.29, 1.82) is 0 Å². The number of hydrogen-bond donors (Lipinski definition) is 1. The third-order valence-electron chi connectivity index (χ3n) is 5.08. The number of hydrogen-bond acceptors (Lipinski definition) is 5. The first-order valence-corrected chi connectivity index (χ1v) is 7.86. The molecule has 0 bridgehead atoms. The van der Waals surface area contributed by atoms with Gasteiger partial charge in [0.1, 0.15) is 0 Å². The highest BCUT2D eigenvalue weighted by atomic mass is 16.5. The van der Waals surface area contributed by atoms with E-state index in [2.05, 4.69) is 14.9 Å². The first-order chi connectivity index (χ1) is 9.99. The van der Waals surface area contributed by atoms with E-state index in [4.69, 9.17) is 4.74 Å². The molecule has 116 valence electrons. The predicted octanol–water partition coefficient (Wildman–Crippen LogP) is 1.85. The largest absolute Gasteiger partial charge is 0.390 e. The molecule has 3 atom stereocenters. The molecular weight excluding hydrogens is 266 g/mol. The highest BCUT2D eigenvalue weighted by Gasteiger charge is 2.44. The predicted molar refractivity (Wildman–Crippen MR) is 81.4 cm³/mol. The molecule has 5 nitrogen and oxygen atoms in total. The molecule has 1 N–H and O–H groups in total. The van der Waals surface area contributed by atoms with Crippen LogP contribution in [0.15, 0.2) is 6.20 Å². The summed E-state index contributed by atoms with van der Waals surface area (Å²) in [4.78, 5) is 11.4. The summed E-state index contributed by atoms with van der Waals surface area (Å²) in [7, 11) is 0. The zero-order chi connectivity index (χ0) is 15.0. The normalized spacial score (nSPS) is 33.4. The Labute approximate surface area is 126 Å². The highest BCUT2D eigenvalue weighted by molar-refractivity contribution is 5.36. The van der Waals surface area contributed by atoms with Crippen LogP contribution in [0.4, 0.5) is 5.95 Å². The Morgan fingerprint density at radius 2 is 2.24 bits per heavy atom. The summed E-state index contributed by atoms with van der Waals surface area (Å²) in [6.07, 6.45) is 4.78. The lowest BCUT2D eigenvalue weighted by Crippen LogP contribution is -2.53. The van der Waals surface area contributed by atoms with Crippen LogP contribution in [0.25, 0.3) is 0 Å². The van der Waals surface area contributed by atoms with Gasteiger partial charge in [-0.15, -0.1) is 0 Å². The average molecular weight is 291 g/mol. The molecule has 2 aliphatic heterocycles. The van der Waals surface area contributed by atoms with Crippen LogP contribution < -0.4 is 4.90 Å². The summed E-state index contributed by atoms with van der Waals surface area (Å²) in [5, 5.41) is 10.7. The highest BCUT2D eigenvalue weighted by Crippen LogP contribution is 2.37. The van der Waals surface area contributed by atoms with Crippen molar-refractivity contribution >= 4 is 5.95 Å². The fraction of sp³-hybridized carbons (Fsp3) is 0.750. The van der Waals surface area contributed by atoms with Crippen LogP contribution in [-0.2, 0) is 4.74 Å². The molecule has 0 aliphatic carbocycles. The van der Waals surface area contributed by atoms with Gasteiger partial charge in [0, 0.05) is 37.0 Å². The number of ether oxygens (including phenoxy) is 1. The monoisotopic (exact) mass is 291 g/mol. The maximum Gasteiger partial charge on any atom is 0.225 e. The lowest BCUT2D eigenvalue weighted by molar-refractivity contribution is -0.108. The van der Waals surface area contributed by atoms with Gasteiger partial charge in [-0.05, 0) is 45.6 Å². The lowest BCUT2D eigenvalue weighted by atomic mass is 9.79. The fourth-order valence-corrected chi connectivity index (χ4v) is 3.49. The van der Waals surface area contributed by atoms with Crippen molar-refractivity contribution in [2.45, 2.75) is 51.7 Å². The quantitative estimate of drug-likeness (QED) is 0.901. The molecular formula is C16H25N3O2. The van der Waals surface area contributed by atoms with Gasteiger partial charge in [-0.2, -0.15) is 0 Å². The molecule has 0 aromatic carbocycles. The maximum atomic E-state index is 10.7. The topological polar surface area (TPSA) is 58.5 Å². The van der Waals surface area contributed by atoms with Crippen molar-refractivity contribution in [3.05, 3.63) is 17.5 Å². The fourth-order valence-electron chi connectivity index (χ4n) is 3.49. The molecule has 2 saturated heterocycles. The molecule has 3 heterocycles. The van der Waals surface area contributed by atoms with E-state index in [0.717, 1.165) is 36.6 Å². The molecule has 0 unspecified atom stereocenters. The molecule has 1 aromatic rings. The molecule has 1 aromatic heterocycles. The zero-order valence-electron chi connectivity index (χ0n) is 13.2. The first kappa shape index (κ1) is 14.7. The van der Waals surface area contributed by atoms with E-state index in [1.54, 1.807) is 0 Å². The third-order valence-corrected chi connectivity index (χ3v) is 5.08. The molecule has 0 spiro atoms. The van der Waals surface area contributed by atoms with Gasteiger partial charge in [0.15, 0.2) is 0 Å². The van der Waals surface area contributed by atoms with E-state index >= 15 is 0 Å².